The number of nitrogens with one attached hydrogen (secondary N) is 2. The van der Waals surface area contributed by atoms with Crippen molar-refractivity contribution in [2.75, 3.05) is 10.6 Å². The maximum atomic E-state index is 11.1. The fourth-order valence-corrected chi connectivity index (χ4v) is 1.59. The first-order chi connectivity index (χ1) is 8.65. The van der Waals surface area contributed by atoms with Gasteiger partial charge >= 0.3 is 0 Å². The van der Waals surface area contributed by atoms with Gasteiger partial charge in [-0.05, 0) is 18.2 Å². The number of halogens is 1. The van der Waals surface area contributed by atoms with Crippen molar-refractivity contribution in [3.63, 3.8) is 0 Å². The highest BCUT2D eigenvalue weighted by Gasteiger charge is 2.06. The number of benzene rings is 1. The van der Waals surface area contributed by atoms with Gasteiger partial charge in [-0.1, -0.05) is 11.6 Å². The second-order valence-corrected chi connectivity index (χ2v) is 4.02. The van der Waals surface area contributed by atoms with E-state index in [0.29, 0.717) is 22.2 Å². The molecule has 0 aliphatic heterocycles. The number of aromatic nitrogens is 2. The van der Waals surface area contributed by atoms with Crippen LogP contribution in [0.4, 0.5) is 17.2 Å². The highest BCUT2D eigenvalue weighted by atomic mass is 35.5. The van der Waals surface area contributed by atoms with E-state index in [1.165, 1.54) is 6.92 Å². The molecule has 1 aromatic heterocycles. The molecule has 0 bridgehead atoms. The van der Waals surface area contributed by atoms with Crippen molar-refractivity contribution in [1.29, 1.82) is 0 Å². The number of hydrogen-bond donors (Lipinski definition) is 2. The van der Waals surface area contributed by atoms with Crippen molar-refractivity contribution in [1.82, 2.24) is 9.97 Å². The third kappa shape index (κ3) is 3.18. The molecule has 1 heterocycles. The molecule has 0 spiro atoms. The van der Waals surface area contributed by atoms with Crippen molar-refractivity contribution in [2.24, 2.45) is 0 Å². The van der Waals surface area contributed by atoms with E-state index in [4.69, 9.17) is 11.6 Å². The first-order valence-corrected chi connectivity index (χ1v) is 5.63. The summed E-state index contributed by atoms with van der Waals surface area (Å²) >= 11 is 5.93. The van der Waals surface area contributed by atoms with Crippen LogP contribution in [0.15, 0.2) is 36.8 Å². The molecule has 0 aliphatic rings. The molecule has 6 heteroatoms. The van der Waals surface area contributed by atoms with Crippen molar-refractivity contribution >= 4 is 34.7 Å². The summed E-state index contributed by atoms with van der Waals surface area (Å²) in [5.41, 5.74) is 1.30. The molecule has 0 saturated carbocycles. The summed E-state index contributed by atoms with van der Waals surface area (Å²) in [6.45, 7) is 1.45. The third-order valence-corrected chi connectivity index (χ3v) is 2.35. The zero-order valence-corrected chi connectivity index (χ0v) is 10.4. The van der Waals surface area contributed by atoms with E-state index >= 15 is 0 Å². The van der Waals surface area contributed by atoms with Gasteiger partial charge in [0.2, 0.25) is 5.91 Å². The van der Waals surface area contributed by atoms with E-state index in [2.05, 4.69) is 20.6 Å². The van der Waals surface area contributed by atoms with E-state index in [-0.39, 0.29) is 5.91 Å². The number of nitrogens with zero attached hydrogens (tertiary/aromatic N) is 2. The maximum absolute atomic E-state index is 11.1. The van der Waals surface area contributed by atoms with E-state index in [1.54, 1.807) is 36.8 Å². The van der Waals surface area contributed by atoms with Crippen molar-refractivity contribution in [3.05, 3.63) is 41.8 Å². The molecular formula is C12H11ClN4O. The predicted octanol–water partition coefficient (Wildman–Crippen LogP) is 2.83. The summed E-state index contributed by atoms with van der Waals surface area (Å²) in [6.07, 6.45) is 4.74. The highest BCUT2D eigenvalue weighted by molar-refractivity contribution is 6.31. The minimum atomic E-state index is -0.153. The van der Waals surface area contributed by atoms with Gasteiger partial charge in [0.1, 0.15) is 5.82 Å². The lowest BCUT2D eigenvalue weighted by atomic mass is 10.2. The Hall–Kier alpha value is -2.14. The van der Waals surface area contributed by atoms with Gasteiger partial charge in [-0.25, -0.2) is 4.98 Å². The van der Waals surface area contributed by atoms with Gasteiger partial charge in [0.15, 0.2) is 0 Å². The molecule has 1 amide bonds. The van der Waals surface area contributed by atoms with Crippen LogP contribution in [-0.2, 0) is 4.79 Å². The topological polar surface area (TPSA) is 66.9 Å². The molecule has 0 unspecified atom stereocenters. The Morgan fingerprint density at radius 3 is 2.78 bits per heavy atom. The van der Waals surface area contributed by atoms with Gasteiger partial charge < -0.3 is 10.6 Å². The molecule has 2 aromatic rings. The number of carbonyl (C=O) groups excluding carboxylic acids is 1. The molecule has 5 nitrogen and oxygen atoms in total. The molecular weight excluding hydrogens is 252 g/mol. The van der Waals surface area contributed by atoms with E-state index in [1.807, 2.05) is 0 Å². The van der Waals surface area contributed by atoms with Gasteiger partial charge in [0, 0.05) is 24.3 Å². The summed E-state index contributed by atoms with van der Waals surface area (Å²) < 4.78 is 0. The Labute approximate surface area is 109 Å². The van der Waals surface area contributed by atoms with Crippen LogP contribution in [-0.4, -0.2) is 15.9 Å². The smallest absolute Gasteiger partial charge is 0.221 e. The maximum Gasteiger partial charge on any atom is 0.221 e. The average Bonchev–Trinajstić information content (AvgIpc) is 2.33. The van der Waals surface area contributed by atoms with Crippen LogP contribution in [0.25, 0.3) is 0 Å². The summed E-state index contributed by atoms with van der Waals surface area (Å²) in [5, 5.41) is 6.32. The van der Waals surface area contributed by atoms with Gasteiger partial charge in [-0.15, -0.1) is 0 Å². The molecule has 2 N–H and O–H groups in total. The number of rotatable bonds is 3. The zero-order chi connectivity index (χ0) is 13.0. The van der Waals surface area contributed by atoms with Crippen molar-refractivity contribution < 1.29 is 4.79 Å². The third-order valence-electron chi connectivity index (χ3n) is 2.12. The van der Waals surface area contributed by atoms with Crippen LogP contribution >= 0.6 is 11.6 Å². The van der Waals surface area contributed by atoms with Crippen molar-refractivity contribution in [3.8, 4) is 0 Å². The number of hydrogen-bond acceptors (Lipinski definition) is 4. The number of carbonyl (C=O) groups is 1. The van der Waals surface area contributed by atoms with E-state index in [0.717, 1.165) is 0 Å². The molecule has 0 aliphatic carbocycles. The Morgan fingerprint density at radius 2 is 2.11 bits per heavy atom. The van der Waals surface area contributed by atoms with Gasteiger partial charge in [0.25, 0.3) is 0 Å². The SMILES string of the molecule is CC(=O)Nc1ccc(Cl)cc1Nc1cnccn1. The second-order valence-electron chi connectivity index (χ2n) is 3.59. The van der Waals surface area contributed by atoms with Crippen LogP contribution in [0.1, 0.15) is 6.92 Å². The van der Waals surface area contributed by atoms with Gasteiger partial charge in [-0.3, -0.25) is 9.78 Å². The molecule has 0 fully saturated rings. The summed E-state index contributed by atoms with van der Waals surface area (Å²) in [7, 11) is 0. The van der Waals surface area contributed by atoms with E-state index < -0.39 is 0 Å². The monoisotopic (exact) mass is 262 g/mol. The lowest BCUT2D eigenvalue weighted by Gasteiger charge is -2.11. The normalized spacial score (nSPS) is 9.89. The largest absolute Gasteiger partial charge is 0.337 e. The van der Waals surface area contributed by atoms with Crippen LogP contribution in [0.2, 0.25) is 5.02 Å². The molecule has 0 atom stereocenters. The first kappa shape index (κ1) is 12.3. The first-order valence-electron chi connectivity index (χ1n) is 5.25. The Kier molecular flexibility index (Phi) is 3.74. The van der Waals surface area contributed by atoms with Gasteiger partial charge in [0.05, 0.1) is 17.6 Å². The minimum absolute atomic E-state index is 0.153. The predicted molar refractivity (Wildman–Crippen MR) is 71.1 cm³/mol. The van der Waals surface area contributed by atoms with Crippen molar-refractivity contribution in [2.45, 2.75) is 6.92 Å². The summed E-state index contributed by atoms with van der Waals surface area (Å²) in [6, 6.07) is 5.14. The molecule has 92 valence electrons. The quantitative estimate of drug-likeness (QED) is 0.893. The Balaban J connectivity index is 2.30. The molecule has 2 rings (SSSR count). The minimum Gasteiger partial charge on any atom is -0.337 e. The Morgan fingerprint density at radius 1 is 1.28 bits per heavy atom. The second kappa shape index (κ2) is 5.46. The molecule has 18 heavy (non-hydrogen) atoms. The summed E-state index contributed by atoms with van der Waals surface area (Å²) in [5.74, 6) is 0.422. The zero-order valence-electron chi connectivity index (χ0n) is 9.64. The van der Waals surface area contributed by atoms with Crippen LogP contribution < -0.4 is 10.6 Å². The molecule has 1 aromatic carbocycles. The Bertz CT molecular complexity index is 559. The van der Waals surface area contributed by atoms with Gasteiger partial charge in [-0.2, -0.15) is 0 Å². The van der Waals surface area contributed by atoms with E-state index in [9.17, 15) is 4.79 Å². The molecule has 0 saturated heterocycles. The standard InChI is InChI=1S/C12H11ClN4O/c1-8(18)16-10-3-2-9(13)6-11(10)17-12-7-14-4-5-15-12/h2-7H,1H3,(H,15,17)(H,16,18). The lowest BCUT2D eigenvalue weighted by molar-refractivity contribution is -0.114. The highest BCUT2D eigenvalue weighted by Crippen LogP contribution is 2.27. The fraction of sp³-hybridized carbons (Fsp3) is 0.0833. The average molecular weight is 263 g/mol. The fourth-order valence-electron chi connectivity index (χ4n) is 1.42. The lowest BCUT2D eigenvalue weighted by Crippen LogP contribution is -2.08. The van der Waals surface area contributed by atoms with Crippen LogP contribution in [0.3, 0.4) is 0 Å². The van der Waals surface area contributed by atoms with Crippen LogP contribution in [0, 0.1) is 0 Å². The van der Waals surface area contributed by atoms with Crippen LogP contribution in [0.5, 0.6) is 0 Å². The molecule has 0 radical (unpaired) electrons. The summed E-state index contributed by atoms with van der Waals surface area (Å²) in [4.78, 5) is 19.1. The number of amides is 1. The number of anilines is 3.